The van der Waals surface area contributed by atoms with Crippen molar-refractivity contribution in [3.05, 3.63) is 193 Å². The van der Waals surface area contributed by atoms with Gasteiger partial charge in [0.1, 0.15) is 0 Å². The van der Waals surface area contributed by atoms with Gasteiger partial charge in [0, 0.05) is 54.8 Å². The maximum absolute atomic E-state index is 10.5. The van der Waals surface area contributed by atoms with Crippen molar-refractivity contribution >= 4 is 71.1 Å². The van der Waals surface area contributed by atoms with E-state index in [9.17, 15) is 5.26 Å². The van der Waals surface area contributed by atoms with E-state index in [0.717, 1.165) is 71.8 Å². The monoisotopic (exact) mass is 699 g/mol. The lowest BCUT2D eigenvalue weighted by atomic mass is 10.00. The summed E-state index contributed by atoms with van der Waals surface area (Å²) in [5.74, 6) is 0. The predicted octanol–water partition coefficient (Wildman–Crippen LogP) is 13.1. The van der Waals surface area contributed by atoms with Crippen molar-refractivity contribution in [2.45, 2.75) is 0 Å². The second-order valence-electron chi connectivity index (χ2n) is 14.0. The molecule has 3 heterocycles. The van der Waals surface area contributed by atoms with E-state index >= 15 is 0 Å². The van der Waals surface area contributed by atoms with Crippen LogP contribution in [0.15, 0.2) is 176 Å². The Morgan fingerprint density at radius 2 is 0.945 bits per heavy atom. The highest BCUT2D eigenvalue weighted by Gasteiger charge is 2.20. The Hall–Kier alpha value is -7.86. The van der Waals surface area contributed by atoms with E-state index in [4.69, 9.17) is 6.57 Å². The summed E-state index contributed by atoms with van der Waals surface area (Å²) in [5, 5.41) is 17.4. The van der Waals surface area contributed by atoms with Gasteiger partial charge in [0.15, 0.2) is 5.69 Å². The molecule has 5 nitrogen and oxygen atoms in total. The number of hydrogen-bond acceptors (Lipinski definition) is 1. The molecule has 0 saturated heterocycles. The lowest BCUT2D eigenvalue weighted by Gasteiger charge is -2.16. The minimum atomic E-state index is 0.577. The molecule has 5 heteroatoms. The third kappa shape index (κ3) is 4.51. The summed E-state index contributed by atoms with van der Waals surface area (Å²) >= 11 is 0. The van der Waals surface area contributed by atoms with Crippen LogP contribution in [0, 0.1) is 17.9 Å². The number of nitriles is 1. The second kappa shape index (κ2) is 11.8. The first kappa shape index (κ1) is 30.7. The highest BCUT2D eigenvalue weighted by Crippen LogP contribution is 2.40. The van der Waals surface area contributed by atoms with Gasteiger partial charge in [-0.2, -0.15) is 5.26 Å². The summed E-state index contributed by atoms with van der Waals surface area (Å²) in [6.07, 6.45) is 0. The smallest absolute Gasteiger partial charge is 0.189 e. The van der Waals surface area contributed by atoms with Gasteiger partial charge in [-0.25, -0.2) is 4.85 Å². The van der Waals surface area contributed by atoms with Gasteiger partial charge in [0.05, 0.1) is 51.5 Å². The summed E-state index contributed by atoms with van der Waals surface area (Å²) in [6.45, 7) is 7.75. The summed E-state index contributed by atoms with van der Waals surface area (Å²) in [6, 6.07) is 63.7. The summed E-state index contributed by atoms with van der Waals surface area (Å²) in [5.41, 5.74) is 12.6. The molecule has 0 atom stereocenters. The van der Waals surface area contributed by atoms with Crippen LogP contribution in [-0.4, -0.2) is 13.7 Å². The minimum absolute atomic E-state index is 0.577. The largest absolute Gasteiger partial charge is 0.310 e. The molecule has 3 aromatic heterocycles. The molecule has 11 aromatic rings. The maximum atomic E-state index is 10.5. The molecule has 0 aliphatic heterocycles. The average molecular weight is 700 g/mol. The number of nitrogens with zero attached hydrogens (tertiary/aromatic N) is 5. The molecular formula is C50H29N5. The number of benzene rings is 8. The summed E-state index contributed by atoms with van der Waals surface area (Å²) < 4.78 is 6.90. The van der Waals surface area contributed by atoms with Crippen molar-refractivity contribution in [3.63, 3.8) is 0 Å². The molecule has 0 amide bonds. The zero-order valence-corrected chi connectivity index (χ0v) is 29.5. The minimum Gasteiger partial charge on any atom is -0.310 e. The highest BCUT2D eigenvalue weighted by molar-refractivity contribution is 6.13. The quantitative estimate of drug-likeness (QED) is 0.169. The van der Waals surface area contributed by atoms with Crippen LogP contribution in [0.2, 0.25) is 0 Å². The predicted molar refractivity (Wildman–Crippen MR) is 226 cm³/mol. The Kier molecular flexibility index (Phi) is 6.61. The molecule has 0 radical (unpaired) electrons. The van der Waals surface area contributed by atoms with Crippen LogP contribution in [0.3, 0.4) is 0 Å². The van der Waals surface area contributed by atoms with Gasteiger partial charge in [0.25, 0.3) is 0 Å². The first-order valence-electron chi connectivity index (χ1n) is 18.3. The molecule has 0 spiro atoms. The van der Waals surface area contributed by atoms with Gasteiger partial charge < -0.3 is 13.7 Å². The first-order valence-corrected chi connectivity index (χ1v) is 18.3. The third-order valence-electron chi connectivity index (χ3n) is 11.0. The Bertz CT molecular complexity index is 3420. The molecule has 254 valence electrons. The molecule has 0 saturated carbocycles. The fourth-order valence-corrected chi connectivity index (χ4v) is 8.74. The fraction of sp³-hybridized carbons (Fsp3) is 0. The summed E-state index contributed by atoms with van der Waals surface area (Å²) in [4.78, 5) is 3.76. The Morgan fingerprint density at radius 1 is 0.418 bits per heavy atom. The molecule has 0 bridgehead atoms. The van der Waals surface area contributed by atoms with Crippen LogP contribution < -0.4 is 0 Å². The number of para-hydroxylation sites is 5. The summed E-state index contributed by atoms with van der Waals surface area (Å²) in [7, 11) is 0. The number of aromatic nitrogens is 3. The molecule has 0 aliphatic carbocycles. The number of fused-ring (bicyclic) bond motifs is 9. The van der Waals surface area contributed by atoms with E-state index in [1.807, 2.05) is 36.4 Å². The van der Waals surface area contributed by atoms with Crippen LogP contribution in [0.25, 0.3) is 98.5 Å². The average Bonchev–Trinajstić information content (AvgIpc) is 3.88. The molecule has 8 aromatic carbocycles. The van der Waals surface area contributed by atoms with Crippen molar-refractivity contribution in [2.75, 3.05) is 0 Å². The van der Waals surface area contributed by atoms with E-state index in [1.165, 1.54) is 21.8 Å². The van der Waals surface area contributed by atoms with Crippen molar-refractivity contribution < 1.29 is 0 Å². The van der Waals surface area contributed by atoms with Gasteiger partial charge in [0.2, 0.25) is 0 Å². The zero-order chi connectivity index (χ0) is 36.6. The van der Waals surface area contributed by atoms with E-state index in [1.54, 1.807) is 0 Å². The van der Waals surface area contributed by atoms with Crippen molar-refractivity contribution in [2.24, 2.45) is 0 Å². The van der Waals surface area contributed by atoms with Crippen molar-refractivity contribution in [1.29, 1.82) is 5.26 Å². The molecule has 0 N–H and O–H groups in total. The van der Waals surface area contributed by atoms with Crippen LogP contribution in [-0.2, 0) is 0 Å². The van der Waals surface area contributed by atoms with Gasteiger partial charge in [-0.15, -0.1) is 0 Å². The Balaban J connectivity index is 1.14. The second-order valence-corrected chi connectivity index (χ2v) is 14.0. The normalized spacial score (nSPS) is 11.6. The number of hydrogen-bond donors (Lipinski definition) is 0. The lowest BCUT2D eigenvalue weighted by Crippen LogP contribution is -1.99. The number of rotatable bonds is 4. The van der Waals surface area contributed by atoms with Gasteiger partial charge in [-0.05, 0) is 78.4 Å². The van der Waals surface area contributed by atoms with E-state index < -0.39 is 0 Å². The lowest BCUT2D eigenvalue weighted by molar-refractivity contribution is 1.16. The van der Waals surface area contributed by atoms with Crippen LogP contribution in [0.1, 0.15) is 5.56 Å². The van der Waals surface area contributed by atoms with E-state index in [2.05, 4.69) is 164 Å². The van der Waals surface area contributed by atoms with Crippen LogP contribution in [0.4, 0.5) is 5.69 Å². The molecular weight excluding hydrogens is 671 g/mol. The SMILES string of the molecule is [C-]#[N+]c1ccc2c3ccccc3n(-c3ccccc3-c3cc(C#N)cc(-n4c5ccccc5c5cc(-n6c7ccccc7c7ccccc76)ccc54)c3)c2c1. The first-order chi connectivity index (χ1) is 27.2. The topological polar surface area (TPSA) is 42.9 Å². The Morgan fingerprint density at radius 3 is 1.58 bits per heavy atom. The molecule has 0 fully saturated rings. The van der Waals surface area contributed by atoms with Gasteiger partial charge in [-0.3, -0.25) is 0 Å². The maximum Gasteiger partial charge on any atom is 0.189 e. The van der Waals surface area contributed by atoms with Gasteiger partial charge in [-0.1, -0.05) is 103 Å². The van der Waals surface area contributed by atoms with Gasteiger partial charge >= 0.3 is 0 Å². The van der Waals surface area contributed by atoms with Crippen LogP contribution >= 0.6 is 0 Å². The highest BCUT2D eigenvalue weighted by atomic mass is 15.0. The van der Waals surface area contributed by atoms with Crippen molar-refractivity contribution in [3.8, 4) is 34.3 Å². The van der Waals surface area contributed by atoms with Crippen molar-refractivity contribution in [1.82, 2.24) is 13.7 Å². The molecule has 11 rings (SSSR count). The standard InChI is InChI=1S/C50H29N5/c1-52-34-22-24-42-40-15-5-11-21-48(40)55(50(42)29-34)44-17-7-2-12-37(44)33-26-32(31-51)27-36(28-33)54-47-20-10-6-16-41(47)43-30-35(23-25-49(43)54)53-45-18-8-3-13-38(45)39-14-4-9-19-46(39)53/h2-30H. The molecule has 55 heavy (non-hydrogen) atoms. The van der Waals surface area contributed by atoms with E-state index in [-0.39, 0.29) is 0 Å². The molecule has 0 aliphatic rings. The zero-order valence-electron chi connectivity index (χ0n) is 29.5. The van der Waals surface area contributed by atoms with Crippen LogP contribution in [0.5, 0.6) is 0 Å². The Labute approximate surface area is 316 Å². The fourth-order valence-electron chi connectivity index (χ4n) is 8.74. The van der Waals surface area contributed by atoms with E-state index in [0.29, 0.717) is 11.3 Å². The third-order valence-corrected chi connectivity index (χ3v) is 11.0. The molecule has 0 unspecified atom stereocenters.